The second-order valence-corrected chi connectivity index (χ2v) is 9.21. The van der Waals surface area contributed by atoms with E-state index >= 15 is 0 Å². The molecule has 0 spiro atoms. The number of nitrogens with zero attached hydrogens (tertiary/aromatic N) is 1. The molecule has 34 heavy (non-hydrogen) atoms. The molecule has 3 rings (SSSR count). The van der Waals surface area contributed by atoms with Gasteiger partial charge in [0.15, 0.2) is 0 Å². The zero-order valence-electron chi connectivity index (χ0n) is 19.3. The van der Waals surface area contributed by atoms with E-state index in [2.05, 4.69) is 16.0 Å². The molecule has 8 nitrogen and oxygen atoms in total. The minimum absolute atomic E-state index is 0.0443. The van der Waals surface area contributed by atoms with E-state index in [1.807, 2.05) is 51.1 Å². The molecule has 1 aliphatic heterocycles. The first kappa shape index (κ1) is 25.0. The van der Waals surface area contributed by atoms with E-state index < -0.39 is 12.1 Å². The van der Waals surface area contributed by atoms with Crippen LogP contribution in [0.25, 0.3) is 6.08 Å². The van der Waals surface area contributed by atoms with Gasteiger partial charge in [0.25, 0.3) is 11.1 Å². The van der Waals surface area contributed by atoms with Crippen LogP contribution in [0.4, 0.5) is 15.3 Å². The van der Waals surface area contributed by atoms with E-state index in [9.17, 15) is 19.2 Å². The maximum absolute atomic E-state index is 12.7. The van der Waals surface area contributed by atoms with Gasteiger partial charge in [0.2, 0.25) is 5.91 Å². The fourth-order valence-corrected chi connectivity index (χ4v) is 4.14. The third kappa shape index (κ3) is 6.71. The van der Waals surface area contributed by atoms with Crippen LogP contribution >= 0.6 is 11.8 Å². The quantitative estimate of drug-likeness (QED) is 0.495. The fourth-order valence-electron chi connectivity index (χ4n) is 3.27. The summed E-state index contributed by atoms with van der Waals surface area (Å²) in [5.41, 5.74) is 2.55. The second kappa shape index (κ2) is 11.5. The lowest BCUT2D eigenvalue weighted by molar-refractivity contribution is -0.125. The number of hydrogen-bond donors (Lipinski definition) is 3. The van der Waals surface area contributed by atoms with Crippen LogP contribution in [0.2, 0.25) is 0 Å². The van der Waals surface area contributed by atoms with Gasteiger partial charge in [-0.05, 0) is 48.4 Å². The van der Waals surface area contributed by atoms with E-state index in [1.54, 1.807) is 30.3 Å². The summed E-state index contributed by atoms with van der Waals surface area (Å²) in [5, 5.41) is 7.70. The number of imide groups is 1. The van der Waals surface area contributed by atoms with Gasteiger partial charge in [-0.1, -0.05) is 61.9 Å². The van der Waals surface area contributed by atoms with Gasteiger partial charge in [-0.3, -0.25) is 19.3 Å². The van der Waals surface area contributed by atoms with Crippen LogP contribution in [0.1, 0.15) is 25.0 Å². The highest BCUT2D eigenvalue weighted by atomic mass is 32.2. The van der Waals surface area contributed by atoms with E-state index in [1.165, 1.54) is 0 Å². The minimum atomic E-state index is -0.778. The van der Waals surface area contributed by atoms with Crippen molar-refractivity contribution in [2.45, 2.75) is 26.8 Å². The SMILES string of the molecule is Cc1ccc(/C=C2/SC(=O)N(CCNC(=O)C(NC(=O)Nc3ccccc3)C(C)C)C2=O)cc1. The number of carbonyl (C=O) groups is 4. The Labute approximate surface area is 203 Å². The summed E-state index contributed by atoms with van der Waals surface area (Å²) in [5.74, 6) is -0.942. The third-order valence-corrected chi connectivity index (χ3v) is 6.06. The van der Waals surface area contributed by atoms with Crippen LogP contribution in [-0.4, -0.2) is 47.1 Å². The van der Waals surface area contributed by atoms with Crippen molar-refractivity contribution in [3.8, 4) is 0 Å². The summed E-state index contributed by atoms with van der Waals surface area (Å²) in [7, 11) is 0. The number of amides is 5. The van der Waals surface area contributed by atoms with Crippen LogP contribution in [0, 0.1) is 12.8 Å². The van der Waals surface area contributed by atoms with Crippen LogP contribution < -0.4 is 16.0 Å². The van der Waals surface area contributed by atoms with E-state index in [0.717, 1.165) is 27.8 Å². The third-order valence-electron chi connectivity index (χ3n) is 5.15. The topological polar surface area (TPSA) is 108 Å². The normalized spacial score (nSPS) is 15.5. The molecule has 3 N–H and O–H groups in total. The highest BCUT2D eigenvalue weighted by Gasteiger charge is 2.35. The average Bonchev–Trinajstić information content (AvgIpc) is 3.06. The average molecular weight is 481 g/mol. The first-order valence-corrected chi connectivity index (χ1v) is 11.8. The number of carbonyl (C=O) groups excluding carboxylic acids is 4. The van der Waals surface area contributed by atoms with Crippen molar-refractivity contribution in [1.29, 1.82) is 0 Å². The Morgan fingerprint density at radius 3 is 2.35 bits per heavy atom. The first-order chi connectivity index (χ1) is 16.2. The molecule has 1 heterocycles. The van der Waals surface area contributed by atoms with E-state index in [-0.39, 0.29) is 36.1 Å². The predicted octanol–water partition coefficient (Wildman–Crippen LogP) is 3.99. The molecule has 1 atom stereocenters. The van der Waals surface area contributed by atoms with Gasteiger partial charge in [0.05, 0.1) is 4.91 Å². The van der Waals surface area contributed by atoms with Gasteiger partial charge < -0.3 is 16.0 Å². The summed E-state index contributed by atoms with van der Waals surface area (Å²) in [6.45, 7) is 5.74. The number of benzene rings is 2. The Hall–Kier alpha value is -3.59. The Morgan fingerprint density at radius 1 is 1.03 bits per heavy atom. The number of para-hydroxylation sites is 1. The van der Waals surface area contributed by atoms with Crippen LogP contribution in [0.5, 0.6) is 0 Å². The van der Waals surface area contributed by atoms with Crippen molar-refractivity contribution in [3.63, 3.8) is 0 Å². The van der Waals surface area contributed by atoms with Crippen LogP contribution in [0.3, 0.4) is 0 Å². The molecule has 1 aliphatic rings. The Kier molecular flexibility index (Phi) is 8.48. The fraction of sp³-hybridized carbons (Fsp3) is 0.280. The molecule has 0 saturated carbocycles. The molecular weight excluding hydrogens is 452 g/mol. The molecule has 0 aromatic heterocycles. The lowest BCUT2D eigenvalue weighted by Gasteiger charge is -2.22. The van der Waals surface area contributed by atoms with Gasteiger partial charge in [-0.2, -0.15) is 0 Å². The van der Waals surface area contributed by atoms with E-state index in [4.69, 9.17) is 0 Å². The number of aryl methyl sites for hydroxylation is 1. The van der Waals surface area contributed by atoms with Crippen molar-refractivity contribution in [2.75, 3.05) is 18.4 Å². The van der Waals surface area contributed by atoms with Gasteiger partial charge in [0, 0.05) is 18.8 Å². The molecule has 5 amide bonds. The van der Waals surface area contributed by atoms with Crippen molar-refractivity contribution < 1.29 is 19.2 Å². The molecule has 9 heteroatoms. The zero-order valence-corrected chi connectivity index (χ0v) is 20.1. The van der Waals surface area contributed by atoms with Gasteiger partial charge in [-0.15, -0.1) is 0 Å². The molecule has 2 aromatic carbocycles. The van der Waals surface area contributed by atoms with Crippen LogP contribution in [0.15, 0.2) is 59.5 Å². The Bertz CT molecular complexity index is 1080. The van der Waals surface area contributed by atoms with Crippen molar-refractivity contribution in [1.82, 2.24) is 15.5 Å². The van der Waals surface area contributed by atoms with Gasteiger partial charge >= 0.3 is 6.03 Å². The monoisotopic (exact) mass is 480 g/mol. The number of anilines is 1. The van der Waals surface area contributed by atoms with E-state index in [0.29, 0.717) is 10.6 Å². The largest absolute Gasteiger partial charge is 0.353 e. The lowest BCUT2D eigenvalue weighted by Crippen LogP contribution is -2.52. The molecule has 0 radical (unpaired) electrons. The Morgan fingerprint density at radius 2 is 1.71 bits per heavy atom. The molecular formula is C25H28N4O4S. The van der Waals surface area contributed by atoms with Gasteiger partial charge in [0.1, 0.15) is 6.04 Å². The maximum atomic E-state index is 12.7. The first-order valence-electron chi connectivity index (χ1n) is 11.0. The van der Waals surface area contributed by atoms with Crippen molar-refractivity contribution >= 4 is 46.6 Å². The molecule has 2 aromatic rings. The zero-order chi connectivity index (χ0) is 24.7. The number of hydrogen-bond acceptors (Lipinski definition) is 5. The van der Waals surface area contributed by atoms with Crippen LogP contribution in [-0.2, 0) is 9.59 Å². The number of thioether (sulfide) groups is 1. The predicted molar refractivity (Wildman–Crippen MR) is 134 cm³/mol. The molecule has 1 unspecified atom stereocenters. The molecule has 0 bridgehead atoms. The van der Waals surface area contributed by atoms with Crippen molar-refractivity contribution in [3.05, 3.63) is 70.6 Å². The molecule has 0 aliphatic carbocycles. The number of nitrogens with one attached hydrogen (secondary N) is 3. The summed E-state index contributed by atoms with van der Waals surface area (Å²) < 4.78 is 0. The highest BCUT2D eigenvalue weighted by molar-refractivity contribution is 8.18. The minimum Gasteiger partial charge on any atom is -0.353 e. The summed E-state index contributed by atoms with van der Waals surface area (Å²) >= 11 is 0.881. The Balaban J connectivity index is 1.52. The smallest absolute Gasteiger partial charge is 0.319 e. The second-order valence-electron chi connectivity index (χ2n) is 8.22. The summed E-state index contributed by atoms with van der Waals surface area (Å²) in [6, 6.07) is 15.3. The van der Waals surface area contributed by atoms with Crippen molar-refractivity contribution in [2.24, 2.45) is 5.92 Å². The number of rotatable bonds is 8. The lowest BCUT2D eigenvalue weighted by atomic mass is 10.0. The summed E-state index contributed by atoms with van der Waals surface area (Å²) in [4.78, 5) is 51.4. The highest BCUT2D eigenvalue weighted by Crippen LogP contribution is 2.31. The molecule has 1 fully saturated rings. The standard InChI is InChI=1S/C25H28N4O4S/c1-16(2)21(28-24(32)27-19-7-5-4-6-8-19)22(30)26-13-14-29-23(31)20(34-25(29)33)15-18-11-9-17(3)10-12-18/h4-12,15-16,21H,13-14H2,1-3H3,(H,26,30)(H2,27,28,32)/b20-15+. The molecule has 1 saturated heterocycles. The molecule has 178 valence electrons. The number of urea groups is 1. The summed E-state index contributed by atoms with van der Waals surface area (Å²) in [6.07, 6.45) is 1.69. The van der Waals surface area contributed by atoms with Gasteiger partial charge in [-0.25, -0.2) is 4.79 Å². The maximum Gasteiger partial charge on any atom is 0.319 e.